The second kappa shape index (κ2) is 5.93. The quantitative estimate of drug-likeness (QED) is 0.888. The summed E-state index contributed by atoms with van der Waals surface area (Å²) in [5.41, 5.74) is 2.27. The molecule has 0 aromatic heterocycles. The maximum atomic E-state index is 13.6. The topological polar surface area (TPSA) is 56.0 Å². The van der Waals surface area contributed by atoms with Crippen LogP contribution in [0.3, 0.4) is 0 Å². The van der Waals surface area contributed by atoms with Gasteiger partial charge in [-0.1, -0.05) is 6.07 Å². The number of benzene rings is 2. The van der Waals surface area contributed by atoms with E-state index in [1.54, 1.807) is 31.2 Å². The maximum absolute atomic E-state index is 13.6. The number of nitriles is 1. The molecule has 0 aliphatic carbocycles. The number of hydrogen-bond donors (Lipinski definition) is 2. The third-order valence-electron chi connectivity index (χ3n) is 2.97. The second-order valence-corrected chi connectivity index (χ2v) is 5.24. The van der Waals surface area contributed by atoms with Crippen molar-refractivity contribution in [1.29, 1.82) is 5.26 Å². The highest BCUT2D eigenvalue weighted by molar-refractivity contribution is 9.10. The Balaban J connectivity index is 2.20. The fraction of sp³-hybridized carbons (Fsp3) is 0.133. The van der Waals surface area contributed by atoms with Gasteiger partial charge in [-0.2, -0.15) is 5.26 Å². The number of phenols is 1. The van der Waals surface area contributed by atoms with Gasteiger partial charge in [-0.05, 0) is 52.7 Å². The Morgan fingerprint density at radius 3 is 2.75 bits per heavy atom. The summed E-state index contributed by atoms with van der Waals surface area (Å²) in [6.45, 7) is 2.12. The molecule has 2 rings (SSSR count). The first-order valence-corrected chi connectivity index (χ1v) is 6.72. The van der Waals surface area contributed by atoms with E-state index < -0.39 is 5.82 Å². The molecule has 0 heterocycles. The third-order valence-corrected chi connectivity index (χ3v) is 3.60. The zero-order chi connectivity index (χ0) is 14.7. The van der Waals surface area contributed by atoms with Crippen LogP contribution < -0.4 is 5.32 Å². The van der Waals surface area contributed by atoms with Crippen LogP contribution in [-0.2, 0) is 6.54 Å². The largest absolute Gasteiger partial charge is 0.507 e. The summed E-state index contributed by atoms with van der Waals surface area (Å²) in [5, 5.41) is 21.4. The maximum Gasteiger partial charge on any atom is 0.129 e. The van der Waals surface area contributed by atoms with Crippen molar-refractivity contribution in [3.05, 3.63) is 57.3 Å². The summed E-state index contributed by atoms with van der Waals surface area (Å²) in [6.07, 6.45) is 0. The fourth-order valence-corrected chi connectivity index (χ4v) is 2.21. The van der Waals surface area contributed by atoms with Gasteiger partial charge in [0.2, 0.25) is 0 Å². The lowest BCUT2D eigenvalue weighted by molar-refractivity contribution is 0.471. The Hall–Kier alpha value is -2.06. The number of aromatic hydroxyl groups is 1. The number of nitrogens with zero attached hydrogens (tertiary/aromatic N) is 1. The van der Waals surface area contributed by atoms with Crippen LogP contribution in [0.15, 0.2) is 34.8 Å². The minimum Gasteiger partial charge on any atom is -0.507 e. The minimum atomic E-state index is -0.404. The number of halogens is 2. The van der Waals surface area contributed by atoms with Crippen molar-refractivity contribution in [2.24, 2.45) is 0 Å². The summed E-state index contributed by atoms with van der Waals surface area (Å²) < 4.78 is 14.2. The van der Waals surface area contributed by atoms with Crippen LogP contribution in [-0.4, -0.2) is 5.11 Å². The molecule has 0 spiro atoms. The lowest BCUT2D eigenvalue weighted by Gasteiger charge is -2.11. The van der Waals surface area contributed by atoms with Gasteiger partial charge in [-0.25, -0.2) is 4.39 Å². The summed E-state index contributed by atoms with van der Waals surface area (Å²) in [5.74, 6) is -0.235. The molecule has 0 fully saturated rings. The van der Waals surface area contributed by atoms with Crippen LogP contribution in [0.25, 0.3) is 0 Å². The Bertz CT molecular complexity index is 695. The molecule has 2 N–H and O–H groups in total. The van der Waals surface area contributed by atoms with Crippen molar-refractivity contribution in [2.75, 3.05) is 5.32 Å². The van der Waals surface area contributed by atoms with Crippen LogP contribution >= 0.6 is 15.9 Å². The van der Waals surface area contributed by atoms with Crippen molar-refractivity contribution in [2.45, 2.75) is 13.5 Å². The van der Waals surface area contributed by atoms with Gasteiger partial charge in [-0.15, -0.1) is 0 Å². The molecule has 20 heavy (non-hydrogen) atoms. The van der Waals surface area contributed by atoms with E-state index in [2.05, 4.69) is 21.2 Å². The van der Waals surface area contributed by atoms with Gasteiger partial charge in [0, 0.05) is 17.8 Å². The normalized spacial score (nSPS) is 10.1. The molecule has 0 aliphatic heterocycles. The lowest BCUT2D eigenvalue weighted by Crippen LogP contribution is -2.03. The van der Waals surface area contributed by atoms with E-state index in [4.69, 9.17) is 5.26 Å². The third kappa shape index (κ3) is 3.09. The average Bonchev–Trinajstić information content (AvgIpc) is 2.44. The Morgan fingerprint density at radius 1 is 1.35 bits per heavy atom. The van der Waals surface area contributed by atoms with Crippen molar-refractivity contribution in [3.63, 3.8) is 0 Å². The molecule has 5 heteroatoms. The first-order chi connectivity index (χ1) is 9.51. The molecule has 0 atom stereocenters. The Kier molecular flexibility index (Phi) is 4.26. The molecule has 0 unspecified atom stereocenters. The van der Waals surface area contributed by atoms with Crippen molar-refractivity contribution >= 4 is 21.6 Å². The molecule has 0 aliphatic rings. The molecule has 0 amide bonds. The van der Waals surface area contributed by atoms with Gasteiger partial charge >= 0.3 is 0 Å². The van der Waals surface area contributed by atoms with Crippen molar-refractivity contribution < 1.29 is 9.50 Å². The number of rotatable bonds is 3. The fourth-order valence-electron chi connectivity index (χ4n) is 1.78. The summed E-state index contributed by atoms with van der Waals surface area (Å²) in [6, 6.07) is 9.90. The number of nitrogens with one attached hydrogen (secondary N) is 1. The highest BCUT2D eigenvalue weighted by atomic mass is 79.9. The number of anilines is 1. The van der Waals surface area contributed by atoms with Crippen LogP contribution in [0.4, 0.5) is 10.1 Å². The lowest BCUT2D eigenvalue weighted by atomic mass is 10.1. The van der Waals surface area contributed by atoms with Crippen LogP contribution in [0.2, 0.25) is 0 Å². The molecular weight excluding hydrogens is 323 g/mol. The first-order valence-electron chi connectivity index (χ1n) is 5.93. The van der Waals surface area contributed by atoms with E-state index in [0.717, 1.165) is 5.56 Å². The Morgan fingerprint density at radius 2 is 2.10 bits per heavy atom. The molecule has 0 radical (unpaired) electrons. The molecular formula is C15H12BrFN2O. The van der Waals surface area contributed by atoms with Gasteiger partial charge in [0.05, 0.1) is 16.1 Å². The van der Waals surface area contributed by atoms with E-state index in [0.29, 0.717) is 22.3 Å². The highest BCUT2D eigenvalue weighted by Gasteiger charge is 2.07. The van der Waals surface area contributed by atoms with Crippen molar-refractivity contribution in [3.8, 4) is 11.8 Å². The van der Waals surface area contributed by atoms with Gasteiger partial charge in [-0.3, -0.25) is 0 Å². The minimum absolute atomic E-state index is 0.169. The molecule has 0 saturated heterocycles. The molecule has 3 nitrogen and oxygen atoms in total. The molecule has 0 bridgehead atoms. The van der Waals surface area contributed by atoms with Crippen LogP contribution in [0.1, 0.15) is 16.7 Å². The van der Waals surface area contributed by atoms with Gasteiger partial charge < -0.3 is 10.4 Å². The molecule has 2 aromatic rings. The van der Waals surface area contributed by atoms with Crippen LogP contribution in [0.5, 0.6) is 5.75 Å². The summed E-state index contributed by atoms with van der Waals surface area (Å²) >= 11 is 3.24. The first kappa shape index (κ1) is 14.4. The van der Waals surface area contributed by atoms with E-state index in [9.17, 15) is 9.50 Å². The van der Waals surface area contributed by atoms with E-state index in [1.165, 1.54) is 6.07 Å². The van der Waals surface area contributed by atoms with Gasteiger partial charge in [0.25, 0.3) is 0 Å². The van der Waals surface area contributed by atoms with E-state index >= 15 is 0 Å². The van der Waals surface area contributed by atoms with Crippen LogP contribution in [0, 0.1) is 24.1 Å². The summed E-state index contributed by atoms with van der Waals surface area (Å²) in [4.78, 5) is 0. The molecule has 0 saturated carbocycles. The average molecular weight is 335 g/mol. The standard InChI is InChI=1S/C15H12BrFN2O/c1-9-13(17)5-11(7-18)6-14(9)19-8-10-2-3-15(20)12(16)4-10/h2-6,19-20H,8H2,1H3. The zero-order valence-corrected chi connectivity index (χ0v) is 12.3. The van der Waals surface area contributed by atoms with Gasteiger partial charge in [0.15, 0.2) is 0 Å². The predicted molar refractivity (Wildman–Crippen MR) is 79.0 cm³/mol. The van der Waals surface area contributed by atoms with E-state index in [1.807, 2.05) is 6.07 Å². The van der Waals surface area contributed by atoms with E-state index in [-0.39, 0.29) is 11.3 Å². The Labute approximate surface area is 124 Å². The number of phenolic OH excluding ortho intramolecular Hbond substituents is 1. The SMILES string of the molecule is Cc1c(F)cc(C#N)cc1NCc1ccc(O)c(Br)c1. The number of hydrogen-bond acceptors (Lipinski definition) is 3. The van der Waals surface area contributed by atoms with Crippen molar-refractivity contribution in [1.82, 2.24) is 0 Å². The van der Waals surface area contributed by atoms with Gasteiger partial charge in [0.1, 0.15) is 11.6 Å². The molecule has 2 aromatic carbocycles. The second-order valence-electron chi connectivity index (χ2n) is 4.38. The monoisotopic (exact) mass is 334 g/mol. The smallest absolute Gasteiger partial charge is 0.129 e. The highest BCUT2D eigenvalue weighted by Crippen LogP contribution is 2.25. The predicted octanol–water partition coefficient (Wildman–Crippen LogP) is 4.09. The molecule has 102 valence electrons. The zero-order valence-electron chi connectivity index (χ0n) is 10.7. The summed E-state index contributed by atoms with van der Waals surface area (Å²) in [7, 11) is 0.